The maximum atomic E-state index is 11.7. The van der Waals surface area contributed by atoms with E-state index in [1.54, 1.807) is 0 Å². The maximum absolute atomic E-state index is 11.7. The highest BCUT2D eigenvalue weighted by atomic mass is 32.2. The van der Waals surface area contributed by atoms with Gasteiger partial charge in [0.2, 0.25) is 5.91 Å². The lowest BCUT2D eigenvalue weighted by Crippen LogP contribution is -2.40. The summed E-state index contributed by atoms with van der Waals surface area (Å²) in [5.41, 5.74) is 0. The van der Waals surface area contributed by atoms with Crippen LogP contribution in [0.2, 0.25) is 0 Å². The van der Waals surface area contributed by atoms with E-state index in [0.29, 0.717) is 18.6 Å². The van der Waals surface area contributed by atoms with Crippen LogP contribution in [0.3, 0.4) is 0 Å². The highest BCUT2D eigenvalue weighted by molar-refractivity contribution is 7.99. The average Bonchev–Trinajstić information content (AvgIpc) is 2.83. The Morgan fingerprint density at radius 1 is 1.60 bits per heavy atom. The van der Waals surface area contributed by atoms with Gasteiger partial charge in [0.15, 0.2) is 0 Å². The molecule has 0 aromatic heterocycles. The second-order valence-corrected chi connectivity index (χ2v) is 5.61. The number of hydrogen-bond donors (Lipinski definition) is 1. The summed E-state index contributed by atoms with van der Waals surface area (Å²) in [4.78, 5) is 13.8. The van der Waals surface area contributed by atoms with Crippen LogP contribution in [0.25, 0.3) is 0 Å². The number of carbonyl (C=O) groups is 1. The summed E-state index contributed by atoms with van der Waals surface area (Å²) in [5.74, 6) is 3.55. The lowest BCUT2D eigenvalue weighted by molar-refractivity contribution is -0.128. The van der Waals surface area contributed by atoms with Crippen molar-refractivity contribution >= 4 is 17.7 Å². The van der Waals surface area contributed by atoms with Crippen molar-refractivity contribution in [3.8, 4) is 0 Å². The molecule has 2 aliphatic rings. The van der Waals surface area contributed by atoms with Crippen LogP contribution in [0.4, 0.5) is 0 Å². The van der Waals surface area contributed by atoms with Gasteiger partial charge in [0.05, 0.1) is 12.7 Å². The van der Waals surface area contributed by atoms with E-state index >= 15 is 0 Å². The molecule has 0 saturated carbocycles. The third-order valence-corrected chi connectivity index (χ3v) is 4.46. The van der Waals surface area contributed by atoms with Crippen LogP contribution in [0.5, 0.6) is 0 Å². The van der Waals surface area contributed by atoms with Gasteiger partial charge in [-0.05, 0) is 30.3 Å². The van der Waals surface area contributed by atoms with Crippen molar-refractivity contribution in [1.82, 2.24) is 10.2 Å². The van der Waals surface area contributed by atoms with E-state index in [4.69, 9.17) is 0 Å². The summed E-state index contributed by atoms with van der Waals surface area (Å²) < 4.78 is 0. The van der Waals surface area contributed by atoms with E-state index in [1.807, 2.05) is 11.8 Å². The topological polar surface area (TPSA) is 32.3 Å². The van der Waals surface area contributed by atoms with Crippen molar-refractivity contribution in [3.05, 3.63) is 0 Å². The molecular weight excluding hydrogens is 208 g/mol. The van der Waals surface area contributed by atoms with Crippen LogP contribution in [0, 0.1) is 5.92 Å². The van der Waals surface area contributed by atoms with Gasteiger partial charge >= 0.3 is 0 Å². The van der Waals surface area contributed by atoms with E-state index in [1.165, 1.54) is 17.9 Å². The Balaban J connectivity index is 1.88. The predicted molar refractivity (Wildman–Crippen MR) is 63.8 cm³/mol. The monoisotopic (exact) mass is 228 g/mol. The third kappa shape index (κ3) is 2.67. The minimum Gasteiger partial charge on any atom is -0.326 e. The van der Waals surface area contributed by atoms with Crippen LogP contribution < -0.4 is 5.32 Å². The first-order valence-corrected chi connectivity index (χ1v) is 7.07. The summed E-state index contributed by atoms with van der Waals surface area (Å²) in [6.45, 7) is 3.70. The quantitative estimate of drug-likeness (QED) is 0.787. The second-order valence-electron chi connectivity index (χ2n) is 4.46. The fourth-order valence-corrected chi connectivity index (χ4v) is 3.63. The maximum Gasteiger partial charge on any atom is 0.237 e. The number of thioether (sulfide) groups is 1. The molecule has 2 fully saturated rings. The summed E-state index contributed by atoms with van der Waals surface area (Å²) in [6.07, 6.45) is 3.83. The van der Waals surface area contributed by atoms with Gasteiger partial charge in [-0.3, -0.25) is 10.1 Å². The van der Waals surface area contributed by atoms with Crippen molar-refractivity contribution in [2.75, 3.05) is 24.6 Å². The van der Waals surface area contributed by atoms with E-state index in [2.05, 4.69) is 17.1 Å². The Kier molecular flexibility index (Phi) is 3.92. The van der Waals surface area contributed by atoms with E-state index in [0.717, 1.165) is 25.3 Å². The fraction of sp³-hybridized carbons (Fsp3) is 0.909. The summed E-state index contributed by atoms with van der Waals surface area (Å²) in [6, 6.07) is 0. The van der Waals surface area contributed by atoms with Gasteiger partial charge in [0.25, 0.3) is 0 Å². The Morgan fingerprint density at radius 3 is 3.13 bits per heavy atom. The summed E-state index contributed by atoms with van der Waals surface area (Å²) >= 11 is 2.02. The number of amides is 1. The molecule has 0 aromatic carbocycles. The Labute approximate surface area is 96.0 Å². The van der Waals surface area contributed by atoms with E-state index < -0.39 is 0 Å². The Morgan fingerprint density at radius 2 is 2.47 bits per heavy atom. The molecular formula is C11H20N2OS. The molecule has 1 N–H and O–H groups in total. The van der Waals surface area contributed by atoms with E-state index in [-0.39, 0.29) is 0 Å². The first-order valence-electron chi connectivity index (χ1n) is 5.92. The molecule has 2 heterocycles. The zero-order valence-corrected chi connectivity index (χ0v) is 10.2. The van der Waals surface area contributed by atoms with Crippen molar-refractivity contribution in [2.45, 2.75) is 32.4 Å². The molecule has 2 atom stereocenters. The molecule has 0 bridgehead atoms. The van der Waals surface area contributed by atoms with Gasteiger partial charge < -0.3 is 4.90 Å². The molecule has 86 valence electrons. The van der Waals surface area contributed by atoms with Crippen molar-refractivity contribution in [2.24, 2.45) is 5.92 Å². The molecule has 2 rings (SSSR count). The molecule has 2 unspecified atom stereocenters. The SMILES string of the molecule is CCCC1NCC(=O)N1CC1CCSC1. The number of rotatable bonds is 4. The van der Waals surface area contributed by atoms with Crippen LogP contribution in [-0.4, -0.2) is 41.6 Å². The predicted octanol–water partition coefficient (Wildman–Crippen LogP) is 1.30. The molecule has 2 saturated heterocycles. The van der Waals surface area contributed by atoms with Crippen molar-refractivity contribution in [3.63, 3.8) is 0 Å². The largest absolute Gasteiger partial charge is 0.326 e. The summed E-state index contributed by atoms with van der Waals surface area (Å²) in [7, 11) is 0. The second kappa shape index (κ2) is 5.21. The Bertz CT molecular complexity index is 229. The molecule has 15 heavy (non-hydrogen) atoms. The van der Waals surface area contributed by atoms with Crippen LogP contribution in [-0.2, 0) is 4.79 Å². The molecule has 4 heteroatoms. The first kappa shape index (κ1) is 11.3. The van der Waals surface area contributed by atoms with Gasteiger partial charge in [-0.25, -0.2) is 0 Å². The third-order valence-electron chi connectivity index (χ3n) is 3.23. The van der Waals surface area contributed by atoms with Crippen LogP contribution in [0.1, 0.15) is 26.2 Å². The summed E-state index contributed by atoms with van der Waals surface area (Å²) in [5, 5.41) is 3.30. The first-order chi connectivity index (χ1) is 7.31. The van der Waals surface area contributed by atoms with E-state index in [9.17, 15) is 4.79 Å². The fourth-order valence-electron chi connectivity index (χ4n) is 2.36. The number of carbonyl (C=O) groups excluding carboxylic acids is 1. The highest BCUT2D eigenvalue weighted by Gasteiger charge is 2.32. The van der Waals surface area contributed by atoms with Gasteiger partial charge in [-0.1, -0.05) is 13.3 Å². The lowest BCUT2D eigenvalue weighted by Gasteiger charge is -2.26. The lowest BCUT2D eigenvalue weighted by atomic mass is 10.1. The van der Waals surface area contributed by atoms with Gasteiger partial charge in [-0.2, -0.15) is 11.8 Å². The molecule has 0 spiro atoms. The van der Waals surface area contributed by atoms with Crippen molar-refractivity contribution < 1.29 is 4.79 Å². The molecule has 1 amide bonds. The van der Waals surface area contributed by atoms with Gasteiger partial charge in [0, 0.05) is 6.54 Å². The van der Waals surface area contributed by atoms with Crippen LogP contribution in [0.15, 0.2) is 0 Å². The number of hydrogen-bond acceptors (Lipinski definition) is 3. The van der Waals surface area contributed by atoms with Crippen molar-refractivity contribution in [1.29, 1.82) is 0 Å². The number of nitrogens with one attached hydrogen (secondary N) is 1. The smallest absolute Gasteiger partial charge is 0.237 e. The zero-order chi connectivity index (χ0) is 10.7. The minimum atomic E-state index is 0.297. The molecule has 3 nitrogen and oxygen atoms in total. The highest BCUT2D eigenvalue weighted by Crippen LogP contribution is 2.25. The van der Waals surface area contributed by atoms with Gasteiger partial charge in [-0.15, -0.1) is 0 Å². The van der Waals surface area contributed by atoms with Crippen LogP contribution >= 0.6 is 11.8 Å². The standard InChI is InChI=1S/C11H20N2OS/c1-2-3-10-12-6-11(14)13(10)7-9-4-5-15-8-9/h9-10,12H,2-8H2,1H3. The number of nitrogens with zero attached hydrogens (tertiary/aromatic N) is 1. The normalized spacial score (nSPS) is 31.5. The molecule has 2 aliphatic heterocycles. The zero-order valence-electron chi connectivity index (χ0n) is 9.37. The Hall–Kier alpha value is -0.220. The minimum absolute atomic E-state index is 0.297. The average molecular weight is 228 g/mol. The molecule has 0 aliphatic carbocycles. The molecule has 0 aromatic rings. The van der Waals surface area contributed by atoms with Gasteiger partial charge in [0.1, 0.15) is 0 Å². The molecule has 0 radical (unpaired) electrons.